The number of amides is 1. The van der Waals surface area contributed by atoms with Gasteiger partial charge in [0.05, 0.1) is 17.2 Å². The molecule has 3 nitrogen and oxygen atoms in total. The average Bonchev–Trinajstić information content (AvgIpc) is 2.52. The minimum atomic E-state index is -5.09. The molecular formula is C15H14F6N2O. The van der Waals surface area contributed by atoms with Crippen molar-refractivity contribution in [3.05, 3.63) is 34.4 Å². The second kappa shape index (κ2) is 7.11. The molecule has 0 fully saturated rings. The number of carbonyl (C=O) groups excluding carboxylic acids is 1. The summed E-state index contributed by atoms with van der Waals surface area (Å²) in [4.78, 5) is 11.6. The van der Waals surface area contributed by atoms with Crippen LogP contribution in [0, 0.1) is 11.3 Å². The summed E-state index contributed by atoms with van der Waals surface area (Å²) < 4.78 is 75.4. The summed E-state index contributed by atoms with van der Waals surface area (Å²) in [6.45, 7) is 3.09. The van der Waals surface area contributed by atoms with Crippen LogP contribution >= 0.6 is 0 Å². The van der Waals surface area contributed by atoms with Gasteiger partial charge in [0, 0.05) is 13.1 Å². The fourth-order valence-electron chi connectivity index (χ4n) is 2.32. The van der Waals surface area contributed by atoms with E-state index in [-0.39, 0.29) is 29.7 Å². The molecule has 1 amide bonds. The number of nitrogens with zero attached hydrogens (tertiary/aromatic N) is 2. The van der Waals surface area contributed by atoms with Gasteiger partial charge in [0.15, 0.2) is 0 Å². The molecule has 2 rings (SSSR count). The Morgan fingerprint density at radius 1 is 1.17 bits per heavy atom. The van der Waals surface area contributed by atoms with Gasteiger partial charge in [-0.15, -0.1) is 0 Å². The molecule has 0 saturated carbocycles. The molecule has 1 aromatic carbocycles. The standard InChI is InChI=1S/C13H8F6N2O.C2H6/c14-12(15,16)9-3-7(5-20)10-1-2-21(6-8(10)4-9)11(22)13(17,18)19;1-2/h3-4H,1-2,6H2;1-2H3. The second-order valence-electron chi connectivity index (χ2n) is 4.75. The van der Waals surface area contributed by atoms with Crippen molar-refractivity contribution >= 4 is 5.91 Å². The molecule has 0 bridgehead atoms. The molecule has 0 radical (unpaired) electrons. The Morgan fingerprint density at radius 2 is 1.75 bits per heavy atom. The van der Waals surface area contributed by atoms with Gasteiger partial charge in [0.2, 0.25) is 0 Å². The van der Waals surface area contributed by atoms with Crippen LogP contribution in [0.2, 0.25) is 0 Å². The molecule has 1 aliphatic heterocycles. The number of carbonyl (C=O) groups is 1. The van der Waals surface area contributed by atoms with Crippen molar-refractivity contribution in [1.82, 2.24) is 4.90 Å². The van der Waals surface area contributed by atoms with Gasteiger partial charge in [-0.25, -0.2) is 0 Å². The fraction of sp³-hybridized carbons (Fsp3) is 0.467. The lowest BCUT2D eigenvalue weighted by Gasteiger charge is -2.30. The summed E-state index contributed by atoms with van der Waals surface area (Å²) in [6, 6.07) is 2.97. The first kappa shape index (κ1) is 19.8. The van der Waals surface area contributed by atoms with E-state index in [0.717, 1.165) is 0 Å². The van der Waals surface area contributed by atoms with Crippen LogP contribution < -0.4 is 0 Å². The van der Waals surface area contributed by atoms with Crippen LogP contribution in [0.4, 0.5) is 26.3 Å². The molecule has 0 atom stereocenters. The maximum atomic E-state index is 12.7. The average molecular weight is 352 g/mol. The topological polar surface area (TPSA) is 44.1 Å². The van der Waals surface area contributed by atoms with Crippen LogP contribution in [-0.2, 0) is 23.9 Å². The van der Waals surface area contributed by atoms with Gasteiger partial charge < -0.3 is 4.90 Å². The summed E-state index contributed by atoms with van der Waals surface area (Å²) >= 11 is 0. The number of hydrogen-bond acceptors (Lipinski definition) is 2. The Morgan fingerprint density at radius 3 is 2.21 bits per heavy atom. The maximum absolute atomic E-state index is 12.7. The van der Waals surface area contributed by atoms with Gasteiger partial charge >= 0.3 is 18.3 Å². The van der Waals surface area contributed by atoms with Crippen molar-refractivity contribution < 1.29 is 31.1 Å². The largest absolute Gasteiger partial charge is 0.471 e. The summed E-state index contributed by atoms with van der Waals surface area (Å²) in [5.41, 5.74) is -1.19. The Bertz CT molecular complexity index is 658. The van der Waals surface area contributed by atoms with Crippen molar-refractivity contribution in [1.29, 1.82) is 5.26 Å². The molecule has 0 N–H and O–H groups in total. The molecule has 24 heavy (non-hydrogen) atoms. The van der Waals surface area contributed by atoms with E-state index < -0.39 is 30.4 Å². The summed E-state index contributed by atoms with van der Waals surface area (Å²) in [7, 11) is 0. The molecule has 1 aliphatic rings. The van der Waals surface area contributed by atoms with Crippen LogP contribution in [0.15, 0.2) is 12.1 Å². The van der Waals surface area contributed by atoms with Gasteiger partial charge in [-0.05, 0) is 29.7 Å². The van der Waals surface area contributed by atoms with E-state index in [0.29, 0.717) is 17.0 Å². The van der Waals surface area contributed by atoms with Crippen LogP contribution in [0.25, 0.3) is 0 Å². The number of halogens is 6. The third-order valence-corrected chi connectivity index (χ3v) is 3.31. The Balaban J connectivity index is 0.00000139. The zero-order chi connectivity index (χ0) is 18.7. The third kappa shape index (κ3) is 4.19. The smallest absolute Gasteiger partial charge is 0.330 e. The highest BCUT2D eigenvalue weighted by Crippen LogP contribution is 2.34. The van der Waals surface area contributed by atoms with Crippen molar-refractivity contribution in [2.75, 3.05) is 6.54 Å². The van der Waals surface area contributed by atoms with Gasteiger partial charge in [-0.1, -0.05) is 13.8 Å². The van der Waals surface area contributed by atoms with Gasteiger partial charge in [-0.2, -0.15) is 31.6 Å². The molecule has 0 aromatic heterocycles. The highest BCUT2D eigenvalue weighted by Gasteiger charge is 2.43. The first-order valence-electron chi connectivity index (χ1n) is 7.03. The van der Waals surface area contributed by atoms with Gasteiger partial charge in [-0.3, -0.25) is 4.79 Å². The zero-order valence-corrected chi connectivity index (χ0v) is 12.8. The minimum Gasteiger partial charge on any atom is -0.330 e. The molecule has 0 saturated heterocycles. The molecule has 1 heterocycles. The predicted octanol–water partition coefficient (Wildman–Crippen LogP) is 4.05. The quantitative estimate of drug-likeness (QED) is 0.661. The minimum absolute atomic E-state index is 0.0878. The Kier molecular flexibility index (Phi) is 5.87. The first-order chi connectivity index (χ1) is 11.0. The van der Waals surface area contributed by atoms with Crippen molar-refractivity contribution in [2.24, 2.45) is 0 Å². The van der Waals surface area contributed by atoms with Crippen molar-refractivity contribution in [3.63, 3.8) is 0 Å². The summed E-state index contributed by atoms with van der Waals surface area (Å²) in [6.07, 6.45) is -9.91. The van der Waals surface area contributed by atoms with Gasteiger partial charge in [0.1, 0.15) is 0 Å². The molecule has 0 spiro atoms. The summed E-state index contributed by atoms with van der Waals surface area (Å²) in [5.74, 6) is -2.10. The molecule has 0 unspecified atom stereocenters. The normalized spacial score (nSPS) is 14.2. The SMILES string of the molecule is CC.N#Cc1cc(C(F)(F)F)cc2c1CCN(C(=O)C(F)(F)F)C2. The van der Waals surface area contributed by atoms with Crippen molar-refractivity contribution in [3.8, 4) is 6.07 Å². The third-order valence-electron chi connectivity index (χ3n) is 3.31. The number of alkyl halides is 6. The monoisotopic (exact) mass is 352 g/mol. The highest BCUT2D eigenvalue weighted by molar-refractivity contribution is 5.82. The Labute approximate surface area is 134 Å². The van der Waals surface area contributed by atoms with E-state index in [1.807, 2.05) is 13.8 Å². The zero-order valence-electron chi connectivity index (χ0n) is 12.8. The van der Waals surface area contributed by atoms with Crippen LogP contribution in [0.3, 0.4) is 0 Å². The molecule has 9 heteroatoms. The van der Waals surface area contributed by atoms with Crippen LogP contribution in [0.5, 0.6) is 0 Å². The fourth-order valence-corrected chi connectivity index (χ4v) is 2.32. The van der Waals surface area contributed by atoms with E-state index in [4.69, 9.17) is 5.26 Å². The number of benzene rings is 1. The first-order valence-corrected chi connectivity index (χ1v) is 7.03. The van der Waals surface area contributed by atoms with E-state index in [9.17, 15) is 31.1 Å². The van der Waals surface area contributed by atoms with Crippen LogP contribution in [0.1, 0.15) is 36.1 Å². The lowest BCUT2D eigenvalue weighted by molar-refractivity contribution is -0.186. The molecule has 0 aliphatic carbocycles. The maximum Gasteiger partial charge on any atom is 0.471 e. The summed E-state index contributed by atoms with van der Waals surface area (Å²) in [5, 5.41) is 8.91. The van der Waals surface area contributed by atoms with E-state index in [1.54, 1.807) is 6.07 Å². The number of nitriles is 1. The number of rotatable bonds is 0. The van der Waals surface area contributed by atoms with Crippen LogP contribution in [-0.4, -0.2) is 23.5 Å². The lowest BCUT2D eigenvalue weighted by atomic mass is 9.92. The number of hydrogen-bond donors (Lipinski definition) is 0. The van der Waals surface area contributed by atoms with E-state index >= 15 is 0 Å². The Hall–Kier alpha value is -2.24. The predicted molar refractivity (Wildman–Crippen MR) is 72.7 cm³/mol. The highest BCUT2D eigenvalue weighted by atomic mass is 19.4. The number of fused-ring (bicyclic) bond motifs is 1. The van der Waals surface area contributed by atoms with E-state index in [1.165, 1.54) is 0 Å². The molecular weight excluding hydrogens is 338 g/mol. The van der Waals surface area contributed by atoms with Gasteiger partial charge in [0.25, 0.3) is 0 Å². The molecule has 132 valence electrons. The lowest BCUT2D eigenvalue weighted by Crippen LogP contribution is -2.43. The van der Waals surface area contributed by atoms with E-state index in [2.05, 4.69) is 0 Å². The molecule has 1 aromatic rings. The van der Waals surface area contributed by atoms with Crippen molar-refractivity contribution in [2.45, 2.75) is 39.2 Å². The second-order valence-corrected chi connectivity index (χ2v) is 4.75.